The van der Waals surface area contributed by atoms with E-state index in [0.29, 0.717) is 13.0 Å². The van der Waals surface area contributed by atoms with E-state index in [1.54, 1.807) is 0 Å². The molecule has 0 fully saturated rings. The smallest absolute Gasteiger partial charge is 0.328 e. The summed E-state index contributed by atoms with van der Waals surface area (Å²) in [4.78, 5) is 25.9. The standard InChI is InChI=1S/C15H30N2O4/c1-6-12(4)14(15(20)21-5)16-13(19)10-17(11(2)3)8-7-9-18/h11-12,14,18H,6-10H2,1-5H3,(H,16,19). The van der Waals surface area contributed by atoms with Crippen LogP contribution in [0.1, 0.15) is 40.5 Å². The fourth-order valence-corrected chi connectivity index (χ4v) is 1.99. The second-order valence-corrected chi connectivity index (χ2v) is 5.60. The van der Waals surface area contributed by atoms with E-state index < -0.39 is 12.0 Å². The first kappa shape index (κ1) is 19.9. The zero-order chi connectivity index (χ0) is 16.4. The van der Waals surface area contributed by atoms with Crippen molar-refractivity contribution in [3.8, 4) is 0 Å². The van der Waals surface area contributed by atoms with Gasteiger partial charge in [-0.3, -0.25) is 9.69 Å². The average Bonchev–Trinajstić information content (AvgIpc) is 2.47. The lowest BCUT2D eigenvalue weighted by atomic mass is 9.99. The summed E-state index contributed by atoms with van der Waals surface area (Å²) in [6.45, 7) is 8.83. The molecule has 124 valence electrons. The van der Waals surface area contributed by atoms with Gasteiger partial charge in [-0.1, -0.05) is 20.3 Å². The van der Waals surface area contributed by atoms with Gasteiger partial charge in [0.2, 0.25) is 5.91 Å². The number of methoxy groups -OCH3 is 1. The highest BCUT2D eigenvalue weighted by Crippen LogP contribution is 2.09. The van der Waals surface area contributed by atoms with Gasteiger partial charge in [0.25, 0.3) is 0 Å². The van der Waals surface area contributed by atoms with Gasteiger partial charge in [-0.25, -0.2) is 4.79 Å². The quantitative estimate of drug-likeness (QED) is 0.583. The average molecular weight is 302 g/mol. The highest BCUT2D eigenvalue weighted by Gasteiger charge is 2.27. The van der Waals surface area contributed by atoms with Crippen molar-refractivity contribution in [2.45, 2.75) is 52.6 Å². The maximum absolute atomic E-state index is 12.1. The first-order chi connectivity index (χ1) is 9.87. The Balaban J connectivity index is 4.63. The van der Waals surface area contributed by atoms with Gasteiger partial charge in [-0.15, -0.1) is 0 Å². The molecule has 0 aliphatic carbocycles. The molecule has 1 amide bonds. The molecule has 6 heteroatoms. The molecule has 0 aromatic heterocycles. The third-order valence-corrected chi connectivity index (χ3v) is 3.67. The van der Waals surface area contributed by atoms with Crippen LogP contribution in [0.2, 0.25) is 0 Å². The maximum atomic E-state index is 12.1. The lowest BCUT2D eigenvalue weighted by Gasteiger charge is -2.27. The van der Waals surface area contributed by atoms with Crippen LogP contribution in [0.5, 0.6) is 0 Å². The number of esters is 1. The summed E-state index contributed by atoms with van der Waals surface area (Å²) >= 11 is 0. The van der Waals surface area contributed by atoms with Gasteiger partial charge in [0, 0.05) is 19.2 Å². The van der Waals surface area contributed by atoms with Crippen LogP contribution in [0.15, 0.2) is 0 Å². The molecule has 0 bridgehead atoms. The van der Waals surface area contributed by atoms with Crippen LogP contribution < -0.4 is 5.32 Å². The Labute approximate surface area is 127 Å². The first-order valence-electron chi connectivity index (χ1n) is 7.59. The van der Waals surface area contributed by atoms with Crippen LogP contribution in [0.4, 0.5) is 0 Å². The number of carbonyl (C=O) groups is 2. The van der Waals surface area contributed by atoms with E-state index in [-0.39, 0.29) is 31.0 Å². The maximum Gasteiger partial charge on any atom is 0.328 e. The van der Waals surface area contributed by atoms with Crippen LogP contribution in [0.25, 0.3) is 0 Å². The molecule has 0 spiro atoms. The Morgan fingerprint density at radius 1 is 1.29 bits per heavy atom. The highest BCUT2D eigenvalue weighted by molar-refractivity contribution is 5.85. The van der Waals surface area contributed by atoms with E-state index in [2.05, 4.69) is 5.32 Å². The van der Waals surface area contributed by atoms with Crippen molar-refractivity contribution in [1.82, 2.24) is 10.2 Å². The van der Waals surface area contributed by atoms with Gasteiger partial charge in [0.05, 0.1) is 13.7 Å². The van der Waals surface area contributed by atoms with Crippen LogP contribution >= 0.6 is 0 Å². The molecule has 0 aliphatic heterocycles. The van der Waals surface area contributed by atoms with Gasteiger partial charge in [-0.2, -0.15) is 0 Å². The summed E-state index contributed by atoms with van der Waals surface area (Å²) in [6, 6.07) is -0.415. The van der Waals surface area contributed by atoms with E-state index >= 15 is 0 Å². The Kier molecular flexibility index (Phi) is 9.99. The number of nitrogens with zero attached hydrogens (tertiary/aromatic N) is 1. The minimum Gasteiger partial charge on any atom is -0.467 e. The molecule has 0 aromatic rings. The van der Waals surface area contributed by atoms with Gasteiger partial charge in [-0.05, 0) is 26.2 Å². The molecule has 21 heavy (non-hydrogen) atoms. The fourth-order valence-electron chi connectivity index (χ4n) is 1.99. The summed E-state index contributed by atoms with van der Waals surface area (Å²) < 4.78 is 4.75. The molecule has 0 aliphatic rings. The number of aliphatic hydroxyl groups excluding tert-OH is 1. The van der Waals surface area contributed by atoms with Gasteiger partial charge < -0.3 is 15.2 Å². The van der Waals surface area contributed by atoms with Crippen LogP contribution in [0, 0.1) is 5.92 Å². The van der Waals surface area contributed by atoms with Gasteiger partial charge in [0.1, 0.15) is 6.04 Å². The second-order valence-electron chi connectivity index (χ2n) is 5.60. The fraction of sp³-hybridized carbons (Fsp3) is 0.867. The van der Waals surface area contributed by atoms with Crippen LogP contribution in [-0.4, -0.2) is 60.8 Å². The van der Waals surface area contributed by atoms with Crippen molar-refractivity contribution in [3.05, 3.63) is 0 Å². The molecular weight excluding hydrogens is 272 g/mol. The zero-order valence-electron chi connectivity index (χ0n) is 13.9. The number of nitrogens with one attached hydrogen (secondary N) is 1. The lowest BCUT2D eigenvalue weighted by molar-refractivity contribution is -0.146. The van der Waals surface area contributed by atoms with E-state index in [4.69, 9.17) is 9.84 Å². The van der Waals surface area contributed by atoms with Gasteiger partial charge in [0.15, 0.2) is 0 Å². The van der Waals surface area contributed by atoms with Crippen molar-refractivity contribution < 1.29 is 19.4 Å². The number of rotatable bonds is 10. The van der Waals surface area contributed by atoms with Crippen molar-refractivity contribution in [1.29, 1.82) is 0 Å². The molecule has 0 heterocycles. The molecule has 2 N–H and O–H groups in total. The second kappa shape index (κ2) is 10.6. The van der Waals surface area contributed by atoms with Gasteiger partial charge >= 0.3 is 5.97 Å². The number of carbonyl (C=O) groups excluding carboxylic acids is 2. The van der Waals surface area contributed by atoms with Crippen molar-refractivity contribution >= 4 is 11.9 Å². The minimum absolute atomic E-state index is 0.0198. The SMILES string of the molecule is CCC(C)C(NC(=O)CN(CCCO)C(C)C)C(=O)OC. The van der Waals surface area contributed by atoms with Crippen molar-refractivity contribution in [3.63, 3.8) is 0 Å². The largest absolute Gasteiger partial charge is 0.467 e. The number of amides is 1. The lowest BCUT2D eigenvalue weighted by Crippen LogP contribution is -2.50. The topological polar surface area (TPSA) is 78.9 Å². The predicted octanol–water partition coefficient (Wildman–Crippen LogP) is 0.783. The molecule has 0 rings (SSSR count). The minimum atomic E-state index is -0.612. The molecule has 0 radical (unpaired) electrons. The molecule has 0 saturated heterocycles. The molecule has 0 saturated carbocycles. The Morgan fingerprint density at radius 3 is 2.33 bits per heavy atom. The normalized spacial score (nSPS) is 14.1. The summed E-state index contributed by atoms with van der Waals surface area (Å²) in [5.74, 6) is -0.590. The predicted molar refractivity (Wildman–Crippen MR) is 81.8 cm³/mol. The van der Waals surface area contributed by atoms with E-state index in [1.807, 2.05) is 32.6 Å². The zero-order valence-corrected chi connectivity index (χ0v) is 13.9. The first-order valence-corrected chi connectivity index (χ1v) is 7.59. The molecule has 2 atom stereocenters. The Hall–Kier alpha value is -1.14. The number of ether oxygens (including phenoxy) is 1. The Morgan fingerprint density at radius 2 is 1.90 bits per heavy atom. The van der Waals surface area contributed by atoms with Crippen molar-refractivity contribution in [2.75, 3.05) is 26.8 Å². The van der Waals surface area contributed by atoms with Crippen LogP contribution in [0.3, 0.4) is 0 Å². The monoisotopic (exact) mass is 302 g/mol. The summed E-state index contributed by atoms with van der Waals surface area (Å²) in [5.41, 5.74) is 0. The summed E-state index contributed by atoms with van der Waals surface area (Å²) in [7, 11) is 1.32. The van der Waals surface area contributed by atoms with Crippen LogP contribution in [-0.2, 0) is 14.3 Å². The van der Waals surface area contributed by atoms with E-state index in [0.717, 1.165) is 6.42 Å². The molecule has 6 nitrogen and oxygen atoms in total. The Bertz CT molecular complexity index is 321. The van der Waals surface area contributed by atoms with Crippen molar-refractivity contribution in [2.24, 2.45) is 5.92 Å². The third-order valence-electron chi connectivity index (χ3n) is 3.67. The highest BCUT2D eigenvalue weighted by atomic mass is 16.5. The molecule has 0 aromatic carbocycles. The number of hydrogen-bond donors (Lipinski definition) is 2. The van der Waals surface area contributed by atoms with E-state index in [9.17, 15) is 9.59 Å². The molecular formula is C15H30N2O4. The number of aliphatic hydroxyl groups is 1. The number of hydrogen-bond acceptors (Lipinski definition) is 5. The summed E-state index contributed by atoms with van der Waals surface area (Å²) in [5, 5.41) is 11.7. The summed E-state index contributed by atoms with van der Waals surface area (Å²) in [6.07, 6.45) is 1.40. The molecule has 2 unspecified atom stereocenters. The van der Waals surface area contributed by atoms with E-state index in [1.165, 1.54) is 7.11 Å². The third kappa shape index (κ3) is 7.43.